The molecule has 18 heavy (non-hydrogen) atoms. The number of hydrogen-bond acceptors (Lipinski definition) is 4. The molecule has 4 nitrogen and oxygen atoms in total. The van der Waals surface area contributed by atoms with Crippen molar-refractivity contribution >= 4 is 11.6 Å². The zero-order valence-electron chi connectivity index (χ0n) is 9.99. The molecular formula is C13H16ClNO3. The number of hydrogen-bond donors (Lipinski definition) is 2. The van der Waals surface area contributed by atoms with Crippen LogP contribution in [0.3, 0.4) is 0 Å². The summed E-state index contributed by atoms with van der Waals surface area (Å²) in [4.78, 5) is 0. The molecule has 1 aromatic rings. The molecule has 1 aromatic carbocycles. The van der Waals surface area contributed by atoms with Crippen molar-refractivity contribution in [3.05, 3.63) is 22.7 Å². The van der Waals surface area contributed by atoms with Gasteiger partial charge in [-0.25, -0.2) is 0 Å². The highest BCUT2D eigenvalue weighted by Gasteiger charge is 2.27. The highest BCUT2D eigenvalue weighted by atomic mass is 35.5. The van der Waals surface area contributed by atoms with E-state index in [9.17, 15) is 5.11 Å². The van der Waals surface area contributed by atoms with Crippen molar-refractivity contribution in [1.82, 2.24) is 5.32 Å². The summed E-state index contributed by atoms with van der Waals surface area (Å²) in [6.07, 6.45) is 1.45. The molecule has 0 spiro atoms. The van der Waals surface area contributed by atoms with E-state index in [4.69, 9.17) is 21.1 Å². The fourth-order valence-corrected chi connectivity index (χ4v) is 2.77. The van der Waals surface area contributed by atoms with Crippen LogP contribution in [0.1, 0.15) is 24.5 Å². The quantitative estimate of drug-likeness (QED) is 0.861. The van der Waals surface area contributed by atoms with Crippen LogP contribution >= 0.6 is 11.6 Å². The van der Waals surface area contributed by atoms with Gasteiger partial charge in [0.05, 0.1) is 11.1 Å². The van der Waals surface area contributed by atoms with Crippen LogP contribution in [-0.2, 0) is 0 Å². The Balaban J connectivity index is 1.90. The van der Waals surface area contributed by atoms with Gasteiger partial charge in [-0.15, -0.1) is 0 Å². The third-order valence-corrected chi connectivity index (χ3v) is 3.79. The van der Waals surface area contributed by atoms with Crippen LogP contribution in [0.4, 0.5) is 0 Å². The number of nitrogens with one attached hydrogen (secondary N) is 1. The molecule has 0 aliphatic carbocycles. The number of aliphatic hydroxyl groups is 1. The summed E-state index contributed by atoms with van der Waals surface area (Å²) in [7, 11) is 0. The second kappa shape index (κ2) is 4.96. The van der Waals surface area contributed by atoms with Crippen molar-refractivity contribution in [3.8, 4) is 11.5 Å². The predicted molar refractivity (Wildman–Crippen MR) is 68.4 cm³/mol. The number of halogens is 1. The predicted octanol–water partition coefficient (Wildman–Crippen LogP) is 1.90. The first-order valence-corrected chi connectivity index (χ1v) is 6.64. The highest BCUT2D eigenvalue weighted by Crippen LogP contribution is 2.39. The molecule has 2 unspecified atom stereocenters. The van der Waals surface area contributed by atoms with E-state index in [0.29, 0.717) is 35.3 Å². The van der Waals surface area contributed by atoms with E-state index in [0.717, 1.165) is 19.4 Å². The number of aliphatic hydroxyl groups excluding tert-OH is 1. The Hall–Kier alpha value is -0.970. The fourth-order valence-electron chi connectivity index (χ4n) is 2.50. The minimum absolute atomic E-state index is 0.0741. The molecule has 0 bridgehead atoms. The molecule has 2 N–H and O–H groups in total. The molecule has 1 saturated heterocycles. The summed E-state index contributed by atoms with van der Waals surface area (Å²) < 4.78 is 11.0. The van der Waals surface area contributed by atoms with E-state index in [-0.39, 0.29) is 6.04 Å². The molecule has 2 aliphatic heterocycles. The van der Waals surface area contributed by atoms with Crippen LogP contribution in [-0.4, -0.2) is 30.9 Å². The largest absolute Gasteiger partial charge is 0.486 e. The van der Waals surface area contributed by atoms with Gasteiger partial charge in [-0.05, 0) is 25.5 Å². The first-order chi connectivity index (χ1) is 8.75. The van der Waals surface area contributed by atoms with E-state index in [1.807, 2.05) is 0 Å². The van der Waals surface area contributed by atoms with Gasteiger partial charge >= 0.3 is 0 Å². The molecular weight excluding hydrogens is 254 g/mol. The minimum atomic E-state index is -0.601. The normalized spacial score (nSPS) is 24.0. The average Bonchev–Trinajstić information content (AvgIpc) is 2.91. The molecule has 2 heterocycles. The zero-order chi connectivity index (χ0) is 12.5. The van der Waals surface area contributed by atoms with Crippen LogP contribution in [0.2, 0.25) is 5.02 Å². The van der Waals surface area contributed by atoms with Crippen molar-refractivity contribution in [2.24, 2.45) is 0 Å². The lowest BCUT2D eigenvalue weighted by Gasteiger charge is -2.23. The van der Waals surface area contributed by atoms with Gasteiger partial charge in [0.25, 0.3) is 0 Å². The molecule has 2 atom stereocenters. The van der Waals surface area contributed by atoms with Crippen LogP contribution in [0.25, 0.3) is 0 Å². The molecule has 3 rings (SSSR count). The van der Waals surface area contributed by atoms with Gasteiger partial charge in [-0.2, -0.15) is 0 Å². The number of ether oxygens (including phenoxy) is 2. The Morgan fingerprint density at radius 2 is 2.00 bits per heavy atom. The molecule has 0 aromatic heterocycles. The van der Waals surface area contributed by atoms with Gasteiger partial charge < -0.3 is 19.9 Å². The maximum Gasteiger partial charge on any atom is 0.162 e. The smallest absolute Gasteiger partial charge is 0.162 e. The molecule has 0 radical (unpaired) electrons. The highest BCUT2D eigenvalue weighted by molar-refractivity contribution is 6.31. The van der Waals surface area contributed by atoms with Gasteiger partial charge in [0.15, 0.2) is 11.5 Å². The summed E-state index contributed by atoms with van der Waals surface area (Å²) >= 11 is 6.21. The van der Waals surface area contributed by atoms with Gasteiger partial charge in [-0.3, -0.25) is 0 Å². The Morgan fingerprint density at radius 3 is 2.67 bits per heavy atom. The Kier molecular flexibility index (Phi) is 3.33. The van der Waals surface area contributed by atoms with E-state index in [1.54, 1.807) is 12.1 Å². The number of fused-ring (bicyclic) bond motifs is 1. The molecule has 1 fully saturated rings. The monoisotopic (exact) mass is 269 g/mol. The first kappa shape index (κ1) is 12.1. The Labute approximate surface area is 111 Å². The lowest BCUT2D eigenvalue weighted by molar-refractivity contribution is 0.135. The van der Waals surface area contributed by atoms with E-state index in [2.05, 4.69) is 5.32 Å². The van der Waals surface area contributed by atoms with Crippen LogP contribution in [0.5, 0.6) is 11.5 Å². The molecule has 2 aliphatic rings. The Bertz CT molecular complexity index is 446. The molecule has 0 amide bonds. The van der Waals surface area contributed by atoms with Crippen LogP contribution in [0, 0.1) is 0 Å². The second-order valence-corrected chi connectivity index (χ2v) is 5.07. The summed E-state index contributed by atoms with van der Waals surface area (Å²) in [5.74, 6) is 1.32. The number of benzene rings is 1. The lowest BCUT2D eigenvalue weighted by atomic mass is 10.0. The van der Waals surface area contributed by atoms with Crippen LogP contribution in [0.15, 0.2) is 12.1 Å². The minimum Gasteiger partial charge on any atom is -0.486 e. The Morgan fingerprint density at radius 1 is 1.28 bits per heavy atom. The topological polar surface area (TPSA) is 50.7 Å². The SMILES string of the molecule is OC(c1cc2c(cc1Cl)OCCO2)C1CCCN1. The molecule has 98 valence electrons. The summed E-state index contributed by atoms with van der Waals surface area (Å²) in [5, 5.41) is 14.2. The lowest BCUT2D eigenvalue weighted by Crippen LogP contribution is -2.29. The summed E-state index contributed by atoms with van der Waals surface area (Å²) in [6.45, 7) is 2.02. The maximum absolute atomic E-state index is 10.4. The van der Waals surface area contributed by atoms with Gasteiger partial charge in [-0.1, -0.05) is 11.6 Å². The molecule has 5 heteroatoms. The summed E-state index contributed by atoms with van der Waals surface area (Å²) in [6, 6.07) is 3.59. The third-order valence-electron chi connectivity index (χ3n) is 3.46. The van der Waals surface area contributed by atoms with Crippen LogP contribution < -0.4 is 14.8 Å². The van der Waals surface area contributed by atoms with E-state index in [1.165, 1.54) is 0 Å². The van der Waals surface area contributed by atoms with Gasteiger partial charge in [0.2, 0.25) is 0 Å². The maximum atomic E-state index is 10.4. The van der Waals surface area contributed by atoms with E-state index < -0.39 is 6.10 Å². The van der Waals surface area contributed by atoms with E-state index >= 15 is 0 Å². The zero-order valence-corrected chi connectivity index (χ0v) is 10.7. The van der Waals surface area contributed by atoms with Gasteiger partial charge in [0, 0.05) is 17.7 Å². The van der Waals surface area contributed by atoms with Crippen molar-refractivity contribution in [2.45, 2.75) is 25.0 Å². The van der Waals surface area contributed by atoms with Gasteiger partial charge in [0.1, 0.15) is 13.2 Å². The van der Waals surface area contributed by atoms with Crippen molar-refractivity contribution in [3.63, 3.8) is 0 Å². The average molecular weight is 270 g/mol. The van der Waals surface area contributed by atoms with Crippen molar-refractivity contribution < 1.29 is 14.6 Å². The summed E-state index contributed by atoms with van der Waals surface area (Å²) in [5.41, 5.74) is 0.709. The second-order valence-electron chi connectivity index (χ2n) is 4.67. The fraction of sp³-hybridized carbons (Fsp3) is 0.538. The number of rotatable bonds is 2. The molecule has 0 saturated carbocycles. The standard InChI is InChI=1S/C13H16ClNO3/c14-9-7-12-11(17-4-5-18-12)6-8(9)13(16)10-2-1-3-15-10/h6-7,10,13,15-16H,1-5H2. The first-order valence-electron chi connectivity index (χ1n) is 6.26. The third kappa shape index (κ3) is 2.16. The van der Waals surface area contributed by atoms with Crippen molar-refractivity contribution in [2.75, 3.05) is 19.8 Å². The van der Waals surface area contributed by atoms with Crippen molar-refractivity contribution in [1.29, 1.82) is 0 Å².